The highest BCUT2D eigenvalue weighted by atomic mass is 127. The molecule has 2 aromatic heterocycles. The number of fused-ring (bicyclic) bond motifs is 2. The van der Waals surface area contributed by atoms with Crippen LogP contribution in [0.1, 0.15) is 24.1 Å². The number of aromatic nitrogens is 3. The third-order valence-electron chi connectivity index (χ3n) is 5.13. The Balaban J connectivity index is 1.86. The normalized spacial score (nSPS) is 13.7. The van der Waals surface area contributed by atoms with Crippen molar-refractivity contribution in [2.24, 2.45) is 0 Å². The summed E-state index contributed by atoms with van der Waals surface area (Å²) >= 11 is 2.34. The lowest BCUT2D eigenvalue weighted by Crippen LogP contribution is -2.09. The van der Waals surface area contributed by atoms with Crippen molar-refractivity contribution in [2.45, 2.75) is 25.7 Å². The van der Waals surface area contributed by atoms with Gasteiger partial charge in [0.05, 0.1) is 0 Å². The minimum atomic E-state index is 0.850. The molecular formula is C22H18IN3. The molecule has 0 spiro atoms. The molecule has 2 aromatic carbocycles. The molecule has 4 heteroatoms. The van der Waals surface area contributed by atoms with Gasteiger partial charge in [-0.3, -0.25) is 4.57 Å². The highest BCUT2D eigenvalue weighted by Crippen LogP contribution is 2.37. The quantitative estimate of drug-likeness (QED) is 0.373. The minimum absolute atomic E-state index is 0.850. The fraction of sp³-hybridized carbons (Fsp3) is 0.182. The van der Waals surface area contributed by atoms with Crippen molar-refractivity contribution in [3.05, 3.63) is 75.8 Å². The molecule has 128 valence electrons. The first kappa shape index (κ1) is 16.0. The van der Waals surface area contributed by atoms with Crippen molar-refractivity contribution in [2.75, 3.05) is 0 Å². The summed E-state index contributed by atoms with van der Waals surface area (Å²) in [5, 5.41) is 0. The fourth-order valence-electron chi connectivity index (χ4n) is 3.92. The summed E-state index contributed by atoms with van der Waals surface area (Å²) in [5.74, 6) is 0. The zero-order valence-electron chi connectivity index (χ0n) is 14.3. The van der Waals surface area contributed by atoms with Crippen molar-refractivity contribution in [3.63, 3.8) is 0 Å². The molecule has 1 aliphatic rings. The number of pyridine rings is 1. The SMILES string of the molecule is Ic1ccc(-n2cnc3nc4c(c(-c5ccccc5)c32)CCCC4)cc1. The number of imidazole rings is 1. The number of aryl methyl sites for hydroxylation is 1. The van der Waals surface area contributed by atoms with Gasteiger partial charge >= 0.3 is 0 Å². The Kier molecular flexibility index (Phi) is 4.00. The zero-order valence-corrected chi connectivity index (χ0v) is 16.5. The van der Waals surface area contributed by atoms with Crippen molar-refractivity contribution >= 4 is 33.8 Å². The Morgan fingerprint density at radius 3 is 2.46 bits per heavy atom. The summed E-state index contributed by atoms with van der Waals surface area (Å²) in [5.41, 5.74) is 8.30. The van der Waals surface area contributed by atoms with E-state index in [1.807, 2.05) is 6.33 Å². The molecule has 1 aliphatic carbocycles. The smallest absolute Gasteiger partial charge is 0.178 e. The van der Waals surface area contributed by atoms with Crippen LogP contribution in [0.15, 0.2) is 60.9 Å². The Bertz CT molecular complexity index is 1080. The summed E-state index contributed by atoms with van der Waals surface area (Å²) < 4.78 is 3.42. The van der Waals surface area contributed by atoms with E-state index >= 15 is 0 Å². The average Bonchev–Trinajstić information content (AvgIpc) is 3.11. The molecule has 0 radical (unpaired) electrons. The van der Waals surface area contributed by atoms with Gasteiger partial charge in [0.25, 0.3) is 0 Å². The van der Waals surface area contributed by atoms with E-state index in [1.54, 1.807) is 0 Å². The van der Waals surface area contributed by atoms with Crippen LogP contribution in [0.4, 0.5) is 0 Å². The fourth-order valence-corrected chi connectivity index (χ4v) is 4.28. The van der Waals surface area contributed by atoms with Crippen molar-refractivity contribution < 1.29 is 0 Å². The molecule has 0 N–H and O–H groups in total. The predicted octanol–water partition coefficient (Wildman–Crippen LogP) is 5.57. The molecule has 3 nitrogen and oxygen atoms in total. The topological polar surface area (TPSA) is 30.7 Å². The predicted molar refractivity (Wildman–Crippen MR) is 114 cm³/mol. The number of benzene rings is 2. The second-order valence-corrected chi connectivity index (χ2v) is 7.99. The van der Waals surface area contributed by atoms with Crippen LogP contribution in [-0.2, 0) is 12.8 Å². The maximum atomic E-state index is 4.93. The van der Waals surface area contributed by atoms with Crippen molar-refractivity contribution in [1.82, 2.24) is 14.5 Å². The van der Waals surface area contributed by atoms with Gasteiger partial charge in [-0.2, -0.15) is 0 Å². The van der Waals surface area contributed by atoms with Crippen LogP contribution in [0.25, 0.3) is 28.0 Å². The van der Waals surface area contributed by atoms with Gasteiger partial charge in [-0.15, -0.1) is 0 Å². The highest BCUT2D eigenvalue weighted by Gasteiger charge is 2.22. The van der Waals surface area contributed by atoms with Gasteiger partial charge in [-0.25, -0.2) is 9.97 Å². The van der Waals surface area contributed by atoms with E-state index in [9.17, 15) is 0 Å². The van der Waals surface area contributed by atoms with E-state index in [-0.39, 0.29) is 0 Å². The second-order valence-electron chi connectivity index (χ2n) is 6.75. The lowest BCUT2D eigenvalue weighted by atomic mass is 9.88. The monoisotopic (exact) mass is 451 g/mol. The molecule has 5 rings (SSSR count). The maximum absolute atomic E-state index is 4.93. The van der Waals surface area contributed by atoms with E-state index < -0.39 is 0 Å². The number of hydrogen-bond donors (Lipinski definition) is 0. The van der Waals surface area contributed by atoms with Gasteiger partial charge < -0.3 is 0 Å². The number of hydrogen-bond acceptors (Lipinski definition) is 2. The van der Waals surface area contributed by atoms with E-state index in [0.29, 0.717) is 0 Å². The molecule has 0 bridgehead atoms. The Hall–Kier alpha value is -2.21. The highest BCUT2D eigenvalue weighted by molar-refractivity contribution is 14.1. The summed E-state index contributed by atoms with van der Waals surface area (Å²) in [7, 11) is 0. The second kappa shape index (κ2) is 6.50. The van der Waals surface area contributed by atoms with Crippen molar-refractivity contribution in [1.29, 1.82) is 0 Å². The molecule has 0 saturated carbocycles. The average molecular weight is 451 g/mol. The first-order valence-corrected chi connectivity index (χ1v) is 10.1. The molecule has 26 heavy (non-hydrogen) atoms. The van der Waals surface area contributed by atoms with E-state index in [1.165, 1.54) is 38.8 Å². The van der Waals surface area contributed by atoms with Crippen LogP contribution in [0, 0.1) is 3.57 Å². The maximum Gasteiger partial charge on any atom is 0.178 e. The van der Waals surface area contributed by atoms with Crippen LogP contribution in [0.3, 0.4) is 0 Å². The Labute approximate surface area is 166 Å². The van der Waals surface area contributed by atoms with Crippen LogP contribution >= 0.6 is 22.6 Å². The van der Waals surface area contributed by atoms with Crippen LogP contribution in [-0.4, -0.2) is 14.5 Å². The Morgan fingerprint density at radius 2 is 1.65 bits per heavy atom. The molecule has 0 saturated heterocycles. The van der Waals surface area contributed by atoms with Gasteiger partial charge in [0.1, 0.15) is 11.8 Å². The van der Waals surface area contributed by atoms with E-state index in [0.717, 1.165) is 29.7 Å². The van der Waals surface area contributed by atoms with Gasteiger partial charge in [0, 0.05) is 20.5 Å². The molecule has 4 aromatic rings. The summed E-state index contributed by atoms with van der Waals surface area (Å²) in [6, 6.07) is 19.3. The summed E-state index contributed by atoms with van der Waals surface area (Å²) in [6.07, 6.45) is 6.52. The first-order valence-electron chi connectivity index (χ1n) is 9.01. The molecule has 0 unspecified atom stereocenters. The van der Waals surface area contributed by atoms with E-state index in [4.69, 9.17) is 4.98 Å². The summed E-state index contributed by atoms with van der Waals surface area (Å²) in [6.45, 7) is 0. The molecule has 2 heterocycles. The number of halogens is 1. The molecule has 0 aliphatic heterocycles. The van der Waals surface area contributed by atoms with Gasteiger partial charge in [-0.1, -0.05) is 30.3 Å². The zero-order chi connectivity index (χ0) is 17.5. The van der Waals surface area contributed by atoms with Crippen molar-refractivity contribution in [3.8, 4) is 16.8 Å². The third kappa shape index (κ3) is 2.63. The van der Waals surface area contributed by atoms with Crippen LogP contribution in [0.2, 0.25) is 0 Å². The summed E-state index contributed by atoms with van der Waals surface area (Å²) in [4.78, 5) is 9.59. The largest absolute Gasteiger partial charge is 0.297 e. The van der Waals surface area contributed by atoms with Crippen LogP contribution < -0.4 is 0 Å². The first-order chi connectivity index (χ1) is 12.8. The Morgan fingerprint density at radius 1 is 0.885 bits per heavy atom. The molecule has 0 atom stereocenters. The third-order valence-corrected chi connectivity index (χ3v) is 5.85. The molecular weight excluding hydrogens is 433 g/mol. The van der Waals surface area contributed by atoms with Gasteiger partial charge in [-0.05, 0) is 83.7 Å². The lowest BCUT2D eigenvalue weighted by Gasteiger charge is -2.20. The van der Waals surface area contributed by atoms with Gasteiger partial charge in [0.15, 0.2) is 5.65 Å². The molecule has 0 amide bonds. The lowest BCUT2D eigenvalue weighted by molar-refractivity contribution is 0.672. The minimum Gasteiger partial charge on any atom is -0.297 e. The number of rotatable bonds is 2. The van der Waals surface area contributed by atoms with E-state index in [2.05, 4.69) is 86.7 Å². The van der Waals surface area contributed by atoms with Gasteiger partial charge in [0.2, 0.25) is 0 Å². The molecule has 0 fully saturated rings. The number of nitrogens with zero attached hydrogens (tertiary/aromatic N) is 3. The standard InChI is InChI=1S/C22H18IN3/c23-16-10-12-17(13-11-16)26-14-24-22-21(26)20(15-6-2-1-3-7-15)18-8-4-5-9-19(18)25-22/h1-3,6-7,10-14H,4-5,8-9H2. The van der Waals surface area contributed by atoms with Crippen LogP contribution in [0.5, 0.6) is 0 Å².